The summed E-state index contributed by atoms with van der Waals surface area (Å²) in [6.07, 6.45) is 3.59. The summed E-state index contributed by atoms with van der Waals surface area (Å²) in [5.41, 5.74) is 2.16. The quantitative estimate of drug-likeness (QED) is 0.763. The van der Waals surface area contributed by atoms with Crippen molar-refractivity contribution in [1.82, 2.24) is 14.8 Å². The third-order valence-electron chi connectivity index (χ3n) is 4.77. The van der Waals surface area contributed by atoms with Gasteiger partial charge in [-0.2, -0.15) is 4.98 Å². The fraction of sp³-hybridized carbons (Fsp3) is 0.211. The van der Waals surface area contributed by atoms with E-state index in [1.54, 1.807) is 29.1 Å². The van der Waals surface area contributed by atoms with Gasteiger partial charge in [-0.3, -0.25) is 4.79 Å². The van der Waals surface area contributed by atoms with Gasteiger partial charge < -0.3 is 9.73 Å². The van der Waals surface area contributed by atoms with Crippen molar-refractivity contribution in [2.75, 3.05) is 5.32 Å². The second-order valence-electron chi connectivity index (χ2n) is 6.43. The molecule has 0 saturated heterocycles. The van der Waals surface area contributed by atoms with Crippen LogP contribution in [0.25, 0.3) is 11.6 Å². The molecular weight excluding hydrogens is 335 g/mol. The largest absolute Gasteiger partial charge is 0.461 e. The summed E-state index contributed by atoms with van der Waals surface area (Å²) in [6, 6.07) is 9.32. The first-order valence-electron chi connectivity index (χ1n) is 8.50. The van der Waals surface area contributed by atoms with Gasteiger partial charge in [0, 0.05) is 17.7 Å². The molecule has 0 fully saturated rings. The number of hydrogen-bond acceptors (Lipinski definition) is 5. The Labute approximate surface area is 148 Å². The molecule has 0 radical (unpaired) electrons. The number of ketones is 1. The van der Waals surface area contributed by atoms with Crippen molar-refractivity contribution in [1.29, 1.82) is 0 Å². The Balaban J connectivity index is 1.71. The van der Waals surface area contributed by atoms with Crippen molar-refractivity contribution >= 4 is 11.7 Å². The smallest absolute Gasteiger partial charge is 0.227 e. The highest BCUT2D eigenvalue weighted by Crippen LogP contribution is 2.40. The van der Waals surface area contributed by atoms with E-state index in [1.165, 1.54) is 12.1 Å². The Hall–Kier alpha value is -3.22. The van der Waals surface area contributed by atoms with E-state index in [-0.39, 0.29) is 11.6 Å². The van der Waals surface area contributed by atoms with Gasteiger partial charge in [-0.05, 0) is 42.7 Å². The Morgan fingerprint density at radius 3 is 2.96 bits per heavy atom. The molecule has 1 atom stereocenters. The summed E-state index contributed by atoms with van der Waals surface area (Å²) in [5.74, 6) is 1.20. The first-order valence-corrected chi connectivity index (χ1v) is 8.50. The number of rotatable bonds is 2. The number of halogens is 1. The number of hydrogen-bond donors (Lipinski definition) is 1. The number of benzene rings is 1. The zero-order valence-corrected chi connectivity index (χ0v) is 13.8. The molecule has 7 heteroatoms. The van der Waals surface area contributed by atoms with Crippen LogP contribution in [-0.2, 0) is 4.79 Å². The van der Waals surface area contributed by atoms with E-state index in [4.69, 9.17) is 4.42 Å². The van der Waals surface area contributed by atoms with Crippen molar-refractivity contribution in [2.24, 2.45) is 0 Å². The van der Waals surface area contributed by atoms with E-state index < -0.39 is 6.04 Å². The van der Waals surface area contributed by atoms with Crippen LogP contribution < -0.4 is 5.32 Å². The lowest BCUT2D eigenvalue weighted by molar-refractivity contribution is -0.116. The van der Waals surface area contributed by atoms with Crippen LogP contribution in [0.15, 0.2) is 58.3 Å². The average Bonchev–Trinajstić information content (AvgIpc) is 3.29. The van der Waals surface area contributed by atoms with Crippen LogP contribution in [0.4, 0.5) is 10.3 Å². The number of allylic oxidation sites excluding steroid dienone is 2. The van der Waals surface area contributed by atoms with Gasteiger partial charge in [-0.15, -0.1) is 5.10 Å². The number of aromatic nitrogens is 3. The van der Waals surface area contributed by atoms with Gasteiger partial charge in [0.05, 0.1) is 6.26 Å². The third-order valence-corrected chi connectivity index (χ3v) is 4.77. The lowest BCUT2D eigenvalue weighted by Gasteiger charge is -2.32. The number of carbonyl (C=O) groups excluding carboxylic acids is 1. The number of fused-ring (bicyclic) bond motifs is 1. The van der Waals surface area contributed by atoms with Crippen LogP contribution in [0.5, 0.6) is 0 Å². The molecule has 0 saturated carbocycles. The van der Waals surface area contributed by atoms with E-state index in [0.29, 0.717) is 35.1 Å². The second kappa shape index (κ2) is 5.66. The summed E-state index contributed by atoms with van der Waals surface area (Å²) in [5, 5.41) is 7.79. The molecule has 1 unspecified atom stereocenters. The first kappa shape index (κ1) is 15.1. The number of nitrogens with one attached hydrogen (secondary N) is 1. The molecule has 2 aliphatic rings. The summed E-state index contributed by atoms with van der Waals surface area (Å²) < 4.78 is 20.9. The molecule has 0 bridgehead atoms. The van der Waals surface area contributed by atoms with E-state index in [1.807, 2.05) is 6.07 Å². The molecule has 0 amide bonds. The fourth-order valence-electron chi connectivity index (χ4n) is 3.65. The van der Waals surface area contributed by atoms with Gasteiger partial charge in [0.1, 0.15) is 11.9 Å². The molecule has 0 spiro atoms. The summed E-state index contributed by atoms with van der Waals surface area (Å²) in [6.45, 7) is 0. The predicted octanol–water partition coefficient (Wildman–Crippen LogP) is 3.70. The number of nitrogens with zero attached hydrogens (tertiary/aromatic N) is 3. The predicted molar refractivity (Wildman–Crippen MR) is 91.8 cm³/mol. The van der Waals surface area contributed by atoms with Gasteiger partial charge in [-0.1, -0.05) is 12.1 Å². The standard InChI is InChI=1S/C19H15FN4O2/c20-12-5-1-4-11(10-12)17-16-13(6-2-7-14(16)25)21-19-22-18(23-24(17)19)15-8-3-9-26-15/h1,3-5,8-10,17H,2,6-7H2,(H,21,22,23). The van der Waals surface area contributed by atoms with E-state index in [0.717, 1.165) is 18.5 Å². The second-order valence-corrected chi connectivity index (χ2v) is 6.43. The molecule has 26 heavy (non-hydrogen) atoms. The Bertz CT molecular complexity index is 1040. The van der Waals surface area contributed by atoms with Gasteiger partial charge in [0.15, 0.2) is 11.5 Å². The molecule has 6 nitrogen and oxygen atoms in total. The third kappa shape index (κ3) is 2.28. The summed E-state index contributed by atoms with van der Waals surface area (Å²) in [7, 11) is 0. The van der Waals surface area contributed by atoms with Crippen molar-refractivity contribution in [3.63, 3.8) is 0 Å². The van der Waals surface area contributed by atoms with Gasteiger partial charge in [0.2, 0.25) is 11.8 Å². The number of anilines is 1. The highest BCUT2D eigenvalue weighted by Gasteiger charge is 2.37. The van der Waals surface area contributed by atoms with E-state index in [9.17, 15) is 9.18 Å². The van der Waals surface area contributed by atoms with E-state index >= 15 is 0 Å². The summed E-state index contributed by atoms with van der Waals surface area (Å²) in [4.78, 5) is 17.2. The topological polar surface area (TPSA) is 73.0 Å². The van der Waals surface area contributed by atoms with Crippen molar-refractivity contribution in [2.45, 2.75) is 25.3 Å². The van der Waals surface area contributed by atoms with E-state index in [2.05, 4.69) is 15.4 Å². The van der Waals surface area contributed by atoms with Crippen molar-refractivity contribution < 1.29 is 13.6 Å². The molecule has 5 rings (SSSR count). The van der Waals surface area contributed by atoms with Crippen LogP contribution in [0, 0.1) is 5.82 Å². The SMILES string of the molecule is O=C1CCCC2=C1C(c1cccc(F)c1)n1nc(-c3ccco3)nc1N2. The zero-order valence-electron chi connectivity index (χ0n) is 13.8. The molecular formula is C19H15FN4O2. The molecule has 1 aromatic carbocycles. The Morgan fingerprint density at radius 1 is 1.23 bits per heavy atom. The fourth-order valence-corrected chi connectivity index (χ4v) is 3.65. The highest BCUT2D eigenvalue weighted by atomic mass is 19.1. The summed E-state index contributed by atoms with van der Waals surface area (Å²) >= 11 is 0. The maximum absolute atomic E-state index is 13.9. The van der Waals surface area contributed by atoms with Crippen molar-refractivity contribution in [3.05, 3.63) is 65.3 Å². The molecule has 3 aromatic rings. The minimum atomic E-state index is -0.499. The minimum absolute atomic E-state index is 0.0636. The van der Waals surface area contributed by atoms with Crippen molar-refractivity contribution in [3.8, 4) is 11.6 Å². The lowest BCUT2D eigenvalue weighted by Crippen LogP contribution is -2.31. The zero-order chi connectivity index (χ0) is 17.7. The van der Waals surface area contributed by atoms with Gasteiger partial charge >= 0.3 is 0 Å². The van der Waals surface area contributed by atoms with Crippen LogP contribution in [0.2, 0.25) is 0 Å². The maximum atomic E-state index is 13.9. The lowest BCUT2D eigenvalue weighted by atomic mass is 9.85. The minimum Gasteiger partial charge on any atom is -0.461 e. The monoisotopic (exact) mass is 350 g/mol. The highest BCUT2D eigenvalue weighted by molar-refractivity contribution is 5.99. The van der Waals surface area contributed by atoms with Gasteiger partial charge in [-0.25, -0.2) is 9.07 Å². The molecule has 130 valence electrons. The Morgan fingerprint density at radius 2 is 2.15 bits per heavy atom. The maximum Gasteiger partial charge on any atom is 0.227 e. The van der Waals surface area contributed by atoms with Crippen LogP contribution >= 0.6 is 0 Å². The Kier molecular flexibility index (Phi) is 3.28. The first-order chi connectivity index (χ1) is 12.7. The molecule has 1 aliphatic carbocycles. The normalized spacial score (nSPS) is 19.1. The average molecular weight is 350 g/mol. The number of furan rings is 1. The van der Waals surface area contributed by atoms with Crippen LogP contribution in [-0.4, -0.2) is 20.5 Å². The number of Topliss-reactive ketones (excluding diaryl/α,β-unsaturated/α-hetero) is 1. The number of carbonyl (C=O) groups is 1. The molecule has 1 aliphatic heterocycles. The molecule has 3 heterocycles. The van der Waals surface area contributed by atoms with Gasteiger partial charge in [0.25, 0.3) is 0 Å². The molecule has 1 N–H and O–H groups in total. The van der Waals surface area contributed by atoms with Crippen LogP contribution in [0.3, 0.4) is 0 Å². The molecule has 2 aromatic heterocycles. The van der Waals surface area contributed by atoms with Crippen LogP contribution in [0.1, 0.15) is 30.9 Å².